The molecule has 98 valence electrons. The van der Waals surface area contributed by atoms with Crippen molar-refractivity contribution in [3.8, 4) is 5.95 Å². The molecule has 0 aliphatic carbocycles. The molecule has 0 bridgehead atoms. The second kappa shape index (κ2) is 5.25. The van der Waals surface area contributed by atoms with Crippen LogP contribution >= 0.6 is 0 Å². The van der Waals surface area contributed by atoms with E-state index in [0.29, 0.717) is 22.6 Å². The van der Waals surface area contributed by atoms with Gasteiger partial charge in [0.15, 0.2) is 6.39 Å². The van der Waals surface area contributed by atoms with Crippen LogP contribution in [0, 0.1) is 6.92 Å². The van der Waals surface area contributed by atoms with Crippen LogP contribution in [0.5, 0.6) is 5.95 Å². The van der Waals surface area contributed by atoms with E-state index in [9.17, 15) is 0 Å². The highest BCUT2D eigenvalue weighted by Gasteiger charge is 2.47. The summed E-state index contributed by atoms with van der Waals surface area (Å²) < 4.78 is 11.7. The molecule has 0 aliphatic heterocycles. The Morgan fingerprint density at radius 1 is 1.06 bits per heavy atom. The van der Waals surface area contributed by atoms with Gasteiger partial charge in [0.05, 0.1) is 0 Å². The van der Waals surface area contributed by atoms with Crippen molar-refractivity contribution < 1.29 is 8.84 Å². The zero-order valence-electron chi connectivity index (χ0n) is 12.1. The molecular formula is C13H25NO2Si. The van der Waals surface area contributed by atoms with Crippen LogP contribution in [0.4, 0.5) is 0 Å². The first-order chi connectivity index (χ1) is 7.82. The van der Waals surface area contributed by atoms with Crippen molar-refractivity contribution in [1.29, 1.82) is 0 Å². The molecule has 0 aliphatic rings. The van der Waals surface area contributed by atoms with E-state index in [2.05, 4.69) is 46.5 Å². The number of aryl methyl sites for hydroxylation is 1. The molecule has 0 saturated heterocycles. The molecular weight excluding hydrogens is 230 g/mol. The van der Waals surface area contributed by atoms with Crippen LogP contribution in [0.15, 0.2) is 10.8 Å². The first-order valence-corrected chi connectivity index (χ1v) is 8.55. The molecule has 4 heteroatoms. The molecule has 0 amide bonds. The van der Waals surface area contributed by atoms with Crippen LogP contribution < -0.4 is 4.43 Å². The normalized spacial score (nSPS) is 12.8. The number of aromatic nitrogens is 1. The first-order valence-electron chi connectivity index (χ1n) is 6.41. The monoisotopic (exact) mass is 255 g/mol. The van der Waals surface area contributed by atoms with E-state index in [0.717, 1.165) is 5.69 Å². The molecule has 17 heavy (non-hydrogen) atoms. The molecule has 0 radical (unpaired) electrons. The third-order valence-electron chi connectivity index (χ3n) is 3.68. The highest BCUT2D eigenvalue weighted by molar-refractivity contribution is 6.78. The Morgan fingerprint density at radius 3 is 1.82 bits per heavy atom. The number of oxazole rings is 1. The summed E-state index contributed by atoms with van der Waals surface area (Å²) in [6.45, 7) is 15.5. The summed E-state index contributed by atoms with van der Waals surface area (Å²) in [6, 6.07) is 0. The molecule has 0 unspecified atom stereocenters. The maximum absolute atomic E-state index is 6.37. The zero-order valence-corrected chi connectivity index (χ0v) is 13.1. The minimum atomic E-state index is -1.90. The van der Waals surface area contributed by atoms with E-state index in [1.807, 2.05) is 6.92 Å². The summed E-state index contributed by atoms with van der Waals surface area (Å²) in [5.74, 6) is 0.618. The lowest BCUT2D eigenvalue weighted by molar-refractivity contribution is 0.355. The topological polar surface area (TPSA) is 35.3 Å². The van der Waals surface area contributed by atoms with Crippen molar-refractivity contribution in [3.63, 3.8) is 0 Å². The van der Waals surface area contributed by atoms with Crippen LogP contribution in [-0.2, 0) is 0 Å². The Morgan fingerprint density at radius 2 is 1.53 bits per heavy atom. The van der Waals surface area contributed by atoms with E-state index < -0.39 is 8.32 Å². The molecule has 1 heterocycles. The zero-order chi connectivity index (χ0) is 13.2. The van der Waals surface area contributed by atoms with Crippen molar-refractivity contribution >= 4 is 8.32 Å². The summed E-state index contributed by atoms with van der Waals surface area (Å²) in [5, 5.41) is 0. The minimum Gasteiger partial charge on any atom is -0.516 e. The Bertz CT molecular complexity index is 336. The lowest BCUT2D eigenvalue weighted by Crippen LogP contribution is -2.50. The Balaban J connectivity index is 3.11. The predicted octanol–water partition coefficient (Wildman–Crippen LogP) is 4.54. The molecule has 0 fully saturated rings. The smallest absolute Gasteiger partial charge is 0.294 e. The molecule has 0 spiro atoms. The van der Waals surface area contributed by atoms with Crippen LogP contribution in [-0.4, -0.2) is 13.3 Å². The summed E-state index contributed by atoms with van der Waals surface area (Å²) in [6.07, 6.45) is 1.46. The van der Waals surface area contributed by atoms with Crippen molar-refractivity contribution in [2.45, 2.75) is 65.1 Å². The second-order valence-electron chi connectivity index (χ2n) is 5.64. The highest BCUT2D eigenvalue weighted by atomic mass is 28.4. The SMILES string of the molecule is Cc1ncoc1O[Si](C(C)C)(C(C)C)C(C)C. The number of hydrogen-bond acceptors (Lipinski definition) is 3. The largest absolute Gasteiger partial charge is 0.516 e. The molecule has 0 saturated carbocycles. The Labute approximate surface area is 106 Å². The van der Waals surface area contributed by atoms with Gasteiger partial charge in [-0.15, -0.1) is 0 Å². The molecule has 3 nitrogen and oxygen atoms in total. The molecule has 1 aromatic rings. The van der Waals surface area contributed by atoms with Gasteiger partial charge in [-0.2, -0.15) is 0 Å². The summed E-state index contributed by atoms with van der Waals surface area (Å²) in [4.78, 5) is 4.11. The van der Waals surface area contributed by atoms with Gasteiger partial charge in [-0.05, 0) is 23.5 Å². The van der Waals surface area contributed by atoms with Gasteiger partial charge in [0.25, 0.3) is 14.3 Å². The van der Waals surface area contributed by atoms with Crippen molar-refractivity contribution in [2.75, 3.05) is 0 Å². The molecule has 0 aromatic carbocycles. The van der Waals surface area contributed by atoms with Gasteiger partial charge in [0.1, 0.15) is 5.69 Å². The summed E-state index contributed by atoms with van der Waals surface area (Å²) >= 11 is 0. The average Bonchev–Trinajstić information content (AvgIpc) is 2.58. The number of hydrogen-bond donors (Lipinski definition) is 0. The Hall–Kier alpha value is -0.773. The molecule has 1 rings (SSSR count). The van der Waals surface area contributed by atoms with Crippen LogP contribution in [0.25, 0.3) is 0 Å². The number of rotatable bonds is 5. The molecule has 1 aromatic heterocycles. The van der Waals surface area contributed by atoms with E-state index in [1.54, 1.807) is 0 Å². The van der Waals surface area contributed by atoms with E-state index in [1.165, 1.54) is 6.39 Å². The van der Waals surface area contributed by atoms with Crippen LogP contribution in [0.1, 0.15) is 47.2 Å². The lowest BCUT2D eigenvalue weighted by Gasteiger charge is -2.41. The van der Waals surface area contributed by atoms with Crippen molar-refractivity contribution in [3.05, 3.63) is 12.1 Å². The fourth-order valence-corrected chi connectivity index (χ4v) is 8.13. The average molecular weight is 255 g/mol. The quantitative estimate of drug-likeness (QED) is 0.725. The fraction of sp³-hybridized carbons (Fsp3) is 0.769. The second-order valence-corrected chi connectivity index (χ2v) is 11.0. The van der Waals surface area contributed by atoms with Crippen molar-refractivity contribution in [2.24, 2.45) is 0 Å². The third-order valence-corrected chi connectivity index (χ3v) is 9.63. The number of nitrogens with zero attached hydrogens (tertiary/aromatic N) is 1. The van der Waals surface area contributed by atoms with E-state index in [4.69, 9.17) is 8.84 Å². The minimum absolute atomic E-state index is 0.548. The van der Waals surface area contributed by atoms with Crippen LogP contribution in [0.3, 0.4) is 0 Å². The predicted molar refractivity (Wildman–Crippen MR) is 72.9 cm³/mol. The fourth-order valence-electron chi connectivity index (χ4n) is 2.90. The summed E-state index contributed by atoms with van der Waals surface area (Å²) in [7, 11) is -1.90. The van der Waals surface area contributed by atoms with Gasteiger partial charge < -0.3 is 8.84 Å². The van der Waals surface area contributed by atoms with Gasteiger partial charge in [0, 0.05) is 0 Å². The Kier molecular flexibility index (Phi) is 4.41. The van der Waals surface area contributed by atoms with Crippen LogP contribution in [0.2, 0.25) is 16.6 Å². The van der Waals surface area contributed by atoms with Crippen molar-refractivity contribution in [1.82, 2.24) is 4.98 Å². The molecule has 0 atom stereocenters. The molecule has 0 N–H and O–H groups in total. The maximum atomic E-state index is 6.37. The highest BCUT2D eigenvalue weighted by Crippen LogP contribution is 2.43. The van der Waals surface area contributed by atoms with Gasteiger partial charge in [0.2, 0.25) is 0 Å². The van der Waals surface area contributed by atoms with E-state index in [-0.39, 0.29) is 0 Å². The van der Waals surface area contributed by atoms with Gasteiger partial charge in [-0.25, -0.2) is 4.98 Å². The van der Waals surface area contributed by atoms with Gasteiger partial charge in [-0.3, -0.25) is 0 Å². The lowest BCUT2D eigenvalue weighted by atomic mass is 10.5. The maximum Gasteiger partial charge on any atom is 0.294 e. The van der Waals surface area contributed by atoms with Gasteiger partial charge >= 0.3 is 0 Å². The first kappa shape index (κ1) is 14.3. The van der Waals surface area contributed by atoms with Gasteiger partial charge in [-0.1, -0.05) is 41.5 Å². The van der Waals surface area contributed by atoms with E-state index >= 15 is 0 Å². The standard InChI is InChI=1S/C13H25NO2Si/c1-9(2)17(10(3)4,11(5)6)16-13-12(7)14-8-15-13/h8-11H,1-7H3. The summed E-state index contributed by atoms with van der Waals surface area (Å²) in [5.41, 5.74) is 2.50. The third kappa shape index (κ3) is 2.57.